The van der Waals surface area contributed by atoms with E-state index in [0.717, 1.165) is 42.2 Å². The van der Waals surface area contributed by atoms with Gasteiger partial charge in [0.05, 0.1) is 23.4 Å². The quantitative estimate of drug-likeness (QED) is 0.371. The van der Waals surface area contributed by atoms with Crippen molar-refractivity contribution in [2.45, 2.75) is 62.6 Å². The summed E-state index contributed by atoms with van der Waals surface area (Å²) in [6.07, 6.45) is 10.6. The third-order valence-electron chi connectivity index (χ3n) is 7.28. The van der Waals surface area contributed by atoms with Gasteiger partial charge in [-0.15, -0.1) is 0 Å². The van der Waals surface area contributed by atoms with Crippen molar-refractivity contribution in [3.63, 3.8) is 0 Å². The van der Waals surface area contributed by atoms with Crippen LogP contribution in [-0.4, -0.2) is 61.7 Å². The van der Waals surface area contributed by atoms with E-state index in [1.807, 2.05) is 18.3 Å². The highest BCUT2D eigenvalue weighted by Crippen LogP contribution is 2.37. The van der Waals surface area contributed by atoms with Gasteiger partial charge in [-0.25, -0.2) is 18.3 Å². The number of carbonyl (C=O) groups excluding carboxylic acids is 1. The molecule has 2 aliphatic rings. The van der Waals surface area contributed by atoms with Gasteiger partial charge in [0.25, 0.3) is 11.8 Å². The largest absolute Gasteiger partial charge is 0.381 e. The molecule has 11 heteroatoms. The Bertz CT molecular complexity index is 1420. The Morgan fingerprint density at radius 1 is 1.19 bits per heavy atom. The second-order valence-electron chi connectivity index (χ2n) is 9.75. The van der Waals surface area contributed by atoms with Crippen molar-refractivity contribution in [2.75, 3.05) is 12.4 Å². The fourth-order valence-corrected chi connectivity index (χ4v) is 5.19. The summed E-state index contributed by atoms with van der Waals surface area (Å²) in [7, 11) is 1.76. The zero-order valence-corrected chi connectivity index (χ0v) is 19.8. The SMILES string of the molecule is CO[C@H]1CC[C@@H](Nc2ncc3c(-c4ccn5ncc(C(=O)NC6CC(F)(F)C6)c5c4)c[nH]c3n2)CC1. The molecule has 9 nitrogen and oxygen atoms in total. The highest BCUT2D eigenvalue weighted by atomic mass is 19.3. The number of pyridine rings is 1. The number of aromatic nitrogens is 5. The van der Waals surface area contributed by atoms with Gasteiger partial charge in [-0.3, -0.25) is 4.79 Å². The lowest BCUT2D eigenvalue weighted by Gasteiger charge is -2.35. The van der Waals surface area contributed by atoms with Crippen LogP contribution in [0.25, 0.3) is 27.7 Å². The molecule has 2 fully saturated rings. The van der Waals surface area contributed by atoms with Gasteiger partial charge in [0.2, 0.25) is 5.95 Å². The van der Waals surface area contributed by atoms with Gasteiger partial charge in [-0.05, 0) is 43.4 Å². The number of alkyl halides is 2. The van der Waals surface area contributed by atoms with Crippen molar-refractivity contribution in [1.82, 2.24) is 29.9 Å². The van der Waals surface area contributed by atoms with Crippen molar-refractivity contribution in [3.05, 3.63) is 42.5 Å². The molecule has 0 aromatic carbocycles. The van der Waals surface area contributed by atoms with Gasteiger partial charge in [0.1, 0.15) is 5.65 Å². The van der Waals surface area contributed by atoms with Crippen LogP contribution in [-0.2, 0) is 4.74 Å². The highest BCUT2D eigenvalue weighted by molar-refractivity contribution is 6.02. The normalized spacial score (nSPS) is 22.0. The van der Waals surface area contributed by atoms with Crippen LogP contribution in [0.2, 0.25) is 0 Å². The third-order valence-corrected chi connectivity index (χ3v) is 7.28. The molecule has 0 unspecified atom stereocenters. The first-order valence-electron chi connectivity index (χ1n) is 12.2. The van der Waals surface area contributed by atoms with Crippen LogP contribution in [0.3, 0.4) is 0 Å². The van der Waals surface area contributed by atoms with Gasteiger partial charge in [-0.2, -0.15) is 10.1 Å². The summed E-state index contributed by atoms with van der Waals surface area (Å²) in [5.74, 6) is -2.51. The number of methoxy groups -OCH3 is 1. The Morgan fingerprint density at radius 3 is 2.75 bits per heavy atom. The number of fused-ring (bicyclic) bond motifs is 2. The van der Waals surface area contributed by atoms with Crippen molar-refractivity contribution in [3.8, 4) is 11.1 Å². The van der Waals surface area contributed by atoms with Crippen LogP contribution in [0.5, 0.6) is 0 Å². The molecule has 4 heterocycles. The zero-order valence-electron chi connectivity index (χ0n) is 19.8. The minimum absolute atomic E-state index is 0.322. The van der Waals surface area contributed by atoms with Gasteiger partial charge in [-0.1, -0.05) is 0 Å². The van der Waals surface area contributed by atoms with Crippen LogP contribution in [0.1, 0.15) is 48.9 Å². The summed E-state index contributed by atoms with van der Waals surface area (Å²) in [5.41, 5.74) is 3.41. The number of anilines is 1. The van der Waals surface area contributed by atoms with Crippen molar-refractivity contribution < 1.29 is 18.3 Å². The van der Waals surface area contributed by atoms with E-state index in [1.165, 1.54) is 6.20 Å². The summed E-state index contributed by atoms with van der Waals surface area (Å²) in [6.45, 7) is 0. The molecule has 0 saturated heterocycles. The number of hydrogen-bond donors (Lipinski definition) is 3. The molecule has 0 aliphatic heterocycles. The Kier molecular flexibility index (Phi) is 5.59. The lowest BCUT2D eigenvalue weighted by molar-refractivity contribution is -0.0901. The van der Waals surface area contributed by atoms with E-state index in [-0.39, 0.29) is 12.8 Å². The Balaban J connectivity index is 1.22. The Morgan fingerprint density at radius 2 is 2.00 bits per heavy atom. The molecule has 1 amide bonds. The number of amides is 1. The number of halogens is 2. The summed E-state index contributed by atoms with van der Waals surface area (Å²) < 4.78 is 33.3. The Labute approximate surface area is 205 Å². The molecule has 0 radical (unpaired) electrons. The number of rotatable bonds is 6. The summed E-state index contributed by atoms with van der Waals surface area (Å²) >= 11 is 0. The van der Waals surface area contributed by atoms with E-state index >= 15 is 0 Å². The average molecular weight is 496 g/mol. The van der Waals surface area contributed by atoms with Crippen LogP contribution in [0.4, 0.5) is 14.7 Å². The van der Waals surface area contributed by atoms with E-state index in [0.29, 0.717) is 34.8 Å². The highest BCUT2D eigenvalue weighted by Gasteiger charge is 2.46. The lowest BCUT2D eigenvalue weighted by atomic mass is 9.88. The number of hydrogen-bond acceptors (Lipinski definition) is 6. The zero-order chi connectivity index (χ0) is 24.9. The fourth-order valence-electron chi connectivity index (χ4n) is 5.19. The number of H-pyrrole nitrogens is 1. The van der Waals surface area contributed by atoms with E-state index in [2.05, 4.69) is 30.7 Å². The van der Waals surface area contributed by atoms with E-state index in [1.54, 1.807) is 24.0 Å². The molecular formula is C25H27F2N7O2. The summed E-state index contributed by atoms with van der Waals surface area (Å²) in [6, 6.07) is 3.56. The van der Waals surface area contributed by atoms with Gasteiger partial charge in [0, 0.05) is 61.6 Å². The van der Waals surface area contributed by atoms with E-state index < -0.39 is 17.9 Å². The third kappa shape index (κ3) is 4.27. The minimum Gasteiger partial charge on any atom is -0.381 e. The number of ether oxygens (including phenoxy) is 1. The van der Waals surface area contributed by atoms with Crippen LogP contribution < -0.4 is 10.6 Å². The molecule has 6 rings (SSSR count). The maximum atomic E-state index is 13.2. The maximum absolute atomic E-state index is 13.2. The van der Waals surface area contributed by atoms with Crippen molar-refractivity contribution >= 4 is 28.4 Å². The molecule has 0 atom stereocenters. The first-order chi connectivity index (χ1) is 17.4. The van der Waals surface area contributed by atoms with Gasteiger partial charge >= 0.3 is 0 Å². The van der Waals surface area contributed by atoms with E-state index in [9.17, 15) is 13.6 Å². The molecule has 2 aliphatic carbocycles. The number of aromatic amines is 1. The van der Waals surface area contributed by atoms with Crippen LogP contribution in [0.15, 0.2) is 36.9 Å². The molecule has 4 aromatic rings. The number of nitrogens with one attached hydrogen (secondary N) is 3. The summed E-state index contributed by atoms with van der Waals surface area (Å²) in [4.78, 5) is 25.2. The Hall–Kier alpha value is -3.60. The monoisotopic (exact) mass is 495 g/mol. The standard InChI is InChI=1S/C25H27F2N7O2/c1-36-17-4-2-15(3-5-17)32-24-29-12-19-18(11-28-22(19)33-24)14-6-7-34-21(8-14)20(13-30-34)23(35)31-16-9-25(26,27)10-16/h6-8,11-13,15-17H,2-5,9-10H2,1H3,(H,31,35)(H2,28,29,32,33)/t15-,17+. The van der Waals surface area contributed by atoms with Crippen LogP contribution >= 0.6 is 0 Å². The number of carbonyl (C=O) groups is 1. The second kappa shape index (κ2) is 8.81. The maximum Gasteiger partial charge on any atom is 0.255 e. The van der Waals surface area contributed by atoms with Crippen molar-refractivity contribution in [2.24, 2.45) is 0 Å². The van der Waals surface area contributed by atoms with Crippen molar-refractivity contribution in [1.29, 1.82) is 0 Å². The minimum atomic E-state index is -2.69. The molecular weight excluding hydrogens is 468 g/mol. The molecule has 4 aromatic heterocycles. The average Bonchev–Trinajstić information content (AvgIpc) is 3.47. The predicted octanol–water partition coefficient (Wildman–Crippen LogP) is 4.17. The number of nitrogens with zero attached hydrogens (tertiary/aromatic N) is 4. The van der Waals surface area contributed by atoms with Crippen LogP contribution in [0, 0.1) is 0 Å². The summed E-state index contributed by atoms with van der Waals surface area (Å²) in [5, 5.41) is 11.2. The lowest BCUT2D eigenvalue weighted by Crippen LogP contribution is -2.50. The predicted molar refractivity (Wildman–Crippen MR) is 130 cm³/mol. The second-order valence-corrected chi connectivity index (χ2v) is 9.75. The van der Waals surface area contributed by atoms with Gasteiger partial charge in [0.15, 0.2) is 0 Å². The molecule has 2 saturated carbocycles. The molecule has 36 heavy (non-hydrogen) atoms. The first-order valence-corrected chi connectivity index (χ1v) is 12.2. The smallest absolute Gasteiger partial charge is 0.255 e. The topological polar surface area (TPSA) is 109 Å². The molecule has 188 valence electrons. The van der Waals surface area contributed by atoms with E-state index in [4.69, 9.17) is 4.74 Å². The fraction of sp³-hybridized carbons (Fsp3) is 0.440. The molecule has 3 N–H and O–H groups in total. The van der Waals surface area contributed by atoms with Gasteiger partial charge < -0.3 is 20.4 Å². The molecule has 0 bridgehead atoms. The first kappa shape index (κ1) is 22.8. The molecule has 0 spiro atoms.